The Morgan fingerprint density at radius 3 is 1.60 bits per heavy atom. The second-order valence-corrected chi connectivity index (χ2v) is 17.1. The van der Waals surface area contributed by atoms with Crippen molar-refractivity contribution in [1.82, 2.24) is 0 Å². The number of hydrogen-bond donors (Lipinski definition) is 0. The van der Waals surface area contributed by atoms with Gasteiger partial charge in [-0.05, 0) is 99.1 Å². The highest BCUT2D eigenvalue weighted by Gasteiger charge is 2.23. The SMILES string of the molecule is c1ccc(-c2ccccc2-c2c(-c3ccccc3)cccc2N(c2ccc(-c3ccc4sc5ccccc5c4c3)cc2)c2ccc(-c3cccc4c3oc3ccccc34)cc2)cc1. The third kappa shape index (κ3) is 6.50. The Balaban J connectivity index is 1.05. The number of benzene rings is 10. The Morgan fingerprint density at radius 1 is 0.317 bits per heavy atom. The number of anilines is 3. The van der Waals surface area contributed by atoms with Crippen LogP contribution in [0.25, 0.3) is 97.7 Å². The van der Waals surface area contributed by atoms with E-state index in [1.807, 2.05) is 23.5 Å². The van der Waals surface area contributed by atoms with Crippen molar-refractivity contribution in [2.75, 3.05) is 4.90 Å². The molecular formula is C60H39NOS. The van der Waals surface area contributed by atoms with Crippen LogP contribution in [0, 0.1) is 0 Å². The van der Waals surface area contributed by atoms with Crippen molar-refractivity contribution in [2.45, 2.75) is 0 Å². The van der Waals surface area contributed by atoms with Crippen LogP contribution in [-0.2, 0) is 0 Å². The molecule has 0 spiro atoms. The number of rotatable bonds is 8. The van der Waals surface area contributed by atoms with Gasteiger partial charge in [0.1, 0.15) is 11.2 Å². The summed E-state index contributed by atoms with van der Waals surface area (Å²) in [6, 6.07) is 85.5. The maximum atomic E-state index is 6.50. The van der Waals surface area contributed by atoms with Gasteiger partial charge in [0.15, 0.2) is 0 Å². The maximum Gasteiger partial charge on any atom is 0.143 e. The Kier molecular flexibility index (Phi) is 9.06. The van der Waals surface area contributed by atoms with Gasteiger partial charge in [-0.3, -0.25) is 0 Å². The summed E-state index contributed by atoms with van der Waals surface area (Å²) in [4.78, 5) is 2.43. The molecule has 2 aromatic heterocycles. The van der Waals surface area contributed by atoms with Gasteiger partial charge >= 0.3 is 0 Å². The minimum Gasteiger partial charge on any atom is -0.455 e. The molecule has 10 aromatic carbocycles. The molecule has 296 valence electrons. The zero-order chi connectivity index (χ0) is 41.7. The molecule has 2 heterocycles. The first-order valence-electron chi connectivity index (χ1n) is 21.4. The van der Waals surface area contributed by atoms with Crippen molar-refractivity contribution in [2.24, 2.45) is 0 Å². The Bertz CT molecular complexity index is 3600. The highest BCUT2D eigenvalue weighted by atomic mass is 32.1. The molecule has 0 atom stereocenters. The maximum absolute atomic E-state index is 6.50. The van der Waals surface area contributed by atoms with E-state index in [1.54, 1.807) is 0 Å². The van der Waals surface area contributed by atoms with Crippen LogP contribution in [-0.4, -0.2) is 0 Å². The summed E-state index contributed by atoms with van der Waals surface area (Å²) in [5.41, 5.74) is 16.6. The van der Waals surface area contributed by atoms with Gasteiger partial charge in [0.25, 0.3) is 0 Å². The number of furan rings is 1. The molecule has 3 heteroatoms. The van der Waals surface area contributed by atoms with Gasteiger partial charge in [-0.25, -0.2) is 0 Å². The molecule has 63 heavy (non-hydrogen) atoms. The molecule has 0 unspecified atom stereocenters. The molecular weight excluding hydrogens is 783 g/mol. The van der Waals surface area contributed by atoms with E-state index in [0.29, 0.717) is 0 Å². The molecule has 12 rings (SSSR count). The lowest BCUT2D eigenvalue weighted by Gasteiger charge is -2.30. The van der Waals surface area contributed by atoms with E-state index in [4.69, 9.17) is 4.42 Å². The van der Waals surface area contributed by atoms with Gasteiger partial charge in [0.2, 0.25) is 0 Å². The summed E-state index contributed by atoms with van der Waals surface area (Å²) in [7, 11) is 0. The summed E-state index contributed by atoms with van der Waals surface area (Å²) in [5, 5.41) is 4.87. The minimum atomic E-state index is 0.899. The zero-order valence-corrected chi connectivity index (χ0v) is 35.1. The molecule has 0 fully saturated rings. The minimum absolute atomic E-state index is 0.899. The summed E-state index contributed by atoms with van der Waals surface area (Å²) in [5.74, 6) is 0. The molecule has 0 saturated carbocycles. The average molecular weight is 822 g/mol. The van der Waals surface area contributed by atoms with E-state index in [0.717, 1.165) is 61.3 Å². The smallest absolute Gasteiger partial charge is 0.143 e. The van der Waals surface area contributed by atoms with Gasteiger partial charge in [0, 0.05) is 53.4 Å². The first-order valence-corrected chi connectivity index (χ1v) is 22.2. The lowest BCUT2D eigenvalue weighted by atomic mass is 9.87. The van der Waals surface area contributed by atoms with Crippen LogP contribution in [0.3, 0.4) is 0 Å². The largest absolute Gasteiger partial charge is 0.455 e. The third-order valence-corrected chi connectivity index (χ3v) is 13.5. The third-order valence-electron chi connectivity index (χ3n) is 12.3. The van der Waals surface area contributed by atoms with Crippen LogP contribution < -0.4 is 4.90 Å². The summed E-state index contributed by atoms with van der Waals surface area (Å²) in [6.45, 7) is 0. The molecule has 0 radical (unpaired) electrons. The lowest BCUT2D eigenvalue weighted by molar-refractivity contribution is 0.670. The fraction of sp³-hybridized carbons (Fsp3) is 0. The van der Waals surface area contributed by atoms with E-state index < -0.39 is 0 Å². The fourth-order valence-corrected chi connectivity index (χ4v) is 10.4. The number of para-hydroxylation sites is 2. The monoisotopic (exact) mass is 821 g/mol. The van der Waals surface area contributed by atoms with Crippen molar-refractivity contribution in [1.29, 1.82) is 0 Å². The topological polar surface area (TPSA) is 16.4 Å². The molecule has 0 N–H and O–H groups in total. The van der Waals surface area contributed by atoms with Gasteiger partial charge < -0.3 is 9.32 Å². The molecule has 0 bridgehead atoms. The highest BCUT2D eigenvalue weighted by molar-refractivity contribution is 7.25. The quantitative estimate of drug-likeness (QED) is 0.152. The number of fused-ring (bicyclic) bond motifs is 6. The van der Waals surface area contributed by atoms with Crippen LogP contribution in [0.2, 0.25) is 0 Å². The molecule has 0 aliphatic heterocycles. The standard InChI is InChI=1S/C60H39NOS/c1-3-15-41(16-4-1)47-19-7-8-22-52(47)59-48(42-17-5-2-6-18-42)23-14-26-55(59)61(45-34-29-40(30-35-45)44-33-38-58-54(39-44)51-21-10-12-28-57(51)63-58)46-36-31-43(32-37-46)49-24-13-25-53-50-20-9-11-27-56(50)62-60(49)53/h1-39H. The van der Waals surface area contributed by atoms with Crippen LogP contribution in [0.4, 0.5) is 17.1 Å². The van der Waals surface area contributed by atoms with Crippen molar-refractivity contribution in [3.63, 3.8) is 0 Å². The van der Waals surface area contributed by atoms with E-state index in [-0.39, 0.29) is 0 Å². The summed E-state index contributed by atoms with van der Waals surface area (Å²) in [6.07, 6.45) is 0. The molecule has 2 nitrogen and oxygen atoms in total. The second kappa shape index (κ2) is 15.5. The Hall–Kier alpha value is -7.98. The van der Waals surface area contributed by atoms with Gasteiger partial charge in [0.05, 0.1) is 5.69 Å². The van der Waals surface area contributed by atoms with Gasteiger partial charge in [-0.2, -0.15) is 0 Å². The summed E-state index contributed by atoms with van der Waals surface area (Å²) >= 11 is 1.85. The molecule has 0 aliphatic carbocycles. The Labute approximate surface area is 370 Å². The van der Waals surface area contributed by atoms with Crippen LogP contribution in [0.1, 0.15) is 0 Å². The first kappa shape index (κ1) is 36.8. The molecule has 0 saturated heterocycles. The predicted octanol–water partition coefficient (Wildman–Crippen LogP) is 17.8. The lowest BCUT2D eigenvalue weighted by Crippen LogP contribution is -2.12. The number of nitrogens with zero attached hydrogens (tertiary/aromatic N) is 1. The van der Waals surface area contributed by atoms with Crippen molar-refractivity contribution in [3.8, 4) is 55.6 Å². The first-order chi connectivity index (χ1) is 31.2. The van der Waals surface area contributed by atoms with Crippen molar-refractivity contribution in [3.05, 3.63) is 237 Å². The number of hydrogen-bond acceptors (Lipinski definition) is 3. The van der Waals surface area contributed by atoms with Crippen LogP contribution in [0.5, 0.6) is 0 Å². The highest BCUT2D eigenvalue weighted by Crippen LogP contribution is 2.49. The fourth-order valence-electron chi connectivity index (χ4n) is 9.34. The zero-order valence-electron chi connectivity index (χ0n) is 34.3. The van der Waals surface area contributed by atoms with Crippen LogP contribution in [0.15, 0.2) is 241 Å². The van der Waals surface area contributed by atoms with Gasteiger partial charge in [-0.1, -0.05) is 182 Å². The van der Waals surface area contributed by atoms with E-state index in [9.17, 15) is 0 Å². The number of thiophene rings is 1. The van der Waals surface area contributed by atoms with E-state index in [2.05, 4.69) is 229 Å². The molecule has 0 amide bonds. The predicted molar refractivity (Wildman–Crippen MR) is 268 cm³/mol. The van der Waals surface area contributed by atoms with E-state index >= 15 is 0 Å². The molecule has 12 aromatic rings. The molecule has 0 aliphatic rings. The van der Waals surface area contributed by atoms with Crippen molar-refractivity contribution < 1.29 is 4.42 Å². The average Bonchev–Trinajstić information content (AvgIpc) is 3.93. The normalized spacial score (nSPS) is 11.5. The summed E-state index contributed by atoms with van der Waals surface area (Å²) < 4.78 is 9.13. The Morgan fingerprint density at radius 2 is 0.841 bits per heavy atom. The van der Waals surface area contributed by atoms with Crippen molar-refractivity contribution >= 4 is 70.5 Å². The van der Waals surface area contributed by atoms with E-state index in [1.165, 1.54) is 53.6 Å². The van der Waals surface area contributed by atoms with Gasteiger partial charge in [-0.15, -0.1) is 11.3 Å². The second-order valence-electron chi connectivity index (χ2n) is 16.0. The van der Waals surface area contributed by atoms with Crippen LogP contribution >= 0.6 is 11.3 Å².